The first-order valence-electron chi connectivity index (χ1n) is 8.64. The number of halogens is 4. The van der Waals surface area contributed by atoms with Gasteiger partial charge in [-0.3, -0.25) is 9.58 Å². The maximum atomic E-state index is 13.7. The Morgan fingerprint density at radius 1 is 1.14 bits per heavy atom. The smallest absolute Gasteiger partial charge is 0.417 e. The Bertz CT molecular complexity index is 1050. The molecule has 0 atom stereocenters. The number of hydrogen-bond acceptors (Lipinski definition) is 3. The maximum Gasteiger partial charge on any atom is 0.417 e. The van der Waals surface area contributed by atoms with Crippen molar-refractivity contribution in [2.24, 2.45) is 0 Å². The van der Waals surface area contributed by atoms with Crippen molar-refractivity contribution in [3.8, 4) is 17.0 Å². The van der Waals surface area contributed by atoms with E-state index in [1.54, 1.807) is 28.9 Å². The van der Waals surface area contributed by atoms with E-state index < -0.39 is 11.7 Å². The lowest BCUT2D eigenvalue weighted by atomic mass is 10.00. The van der Waals surface area contributed by atoms with Gasteiger partial charge in [0.05, 0.1) is 23.5 Å². The predicted molar refractivity (Wildman–Crippen MR) is 100 cm³/mol. The molecule has 0 radical (unpaired) electrons. The van der Waals surface area contributed by atoms with Crippen LogP contribution < -0.4 is 0 Å². The van der Waals surface area contributed by atoms with Gasteiger partial charge < -0.3 is 5.11 Å². The summed E-state index contributed by atoms with van der Waals surface area (Å²) in [4.78, 5) is 2.00. The van der Waals surface area contributed by atoms with Crippen molar-refractivity contribution in [3.63, 3.8) is 0 Å². The quantitative estimate of drug-likeness (QED) is 0.670. The molecule has 1 aromatic heterocycles. The maximum absolute atomic E-state index is 13.7. The van der Waals surface area contributed by atoms with Gasteiger partial charge in [0.25, 0.3) is 0 Å². The minimum atomic E-state index is -4.54. The molecule has 8 heteroatoms. The van der Waals surface area contributed by atoms with E-state index in [0.717, 1.165) is 22.9 Å². The lowest BCUT2D eigenvalue weighted by Crippen LogP contribution is -2.14. The van der Waals surface area contributed by atoms with E-state index in [4.69, 9.17) is 11.6 Å². The topological polar surface area (TPSA) is 41.3 Å². The van der Waals surface area contributed by atoms with Gasteiger partial charge in [-0.05, 0) is 36.9 Å². The largest absolute Gasteiger partial charge is 0.508 e. The molecular weight excluding hydrogens is 391 g/mol. The number of aromatic hydroxyl groups is 1. The molecule has 4 nitrogen and oxygen atoms in total. The summed E-state index contributed by atoms with van der Waals surface area (Å²) < 4.78 is 42.8. The number of alkyl halides is 3. The molecule has 0 spiro atoms. The normalized spacial score (nSPS) is 14.5. The Balaban J connectivity index is 1.90. The van der Waals surface area contributed by atoms with E-state index in [1.165, 1.54) is 12.1 Å². The number of phenols is 1. The molecule has 1 aliphatic rings. The molecule has 0 amide bonds. The highest BCUT2D eigenvalue weighted by Gasteiger charge is 2.37. The molecule has 4 rings (SSSR count). The van der Waals surface area contributed by atoms with Crippen LogP contribution in [0.25, 0.3) is 11.3 Å². The number of benzene rings is 2. The van der Waals surface area contributed by atoms with Gasteiger partial charge in [0.15, 0.2) is 0 Å². The predicted octanol–water partition coefficient (Wildman–Crippen LogP) is 4.92. The van der Waals surface area contributed by atoms with Crippen LogP contribution in [-0.2, 0) is 25.8 Å². The molecule has 146 valence electrons. The lowest BCUT2D eigenvalue weighted by molar-refractivity contribution is -0.137. The third-order valence-corrected chi connectivity index (χ3v) is 5.00. The summed E-state index contributed by atoms with van der Waals surface area (Å²) in [6.07, 6.45) is -4.54. The summed E-state index contributed by atoms with van der Waals surface area (Å²) in [6.45, 7) is 1.34. The molecule has 28 heavy (non-hydrogen) atoms. The minimum absolute atomic E-state index is 0.0314. The average Bonchev–Trinajstić information content (AvgIpc) is 3.10. The Morgan fingerprint density at radius 3 is 2.64 bits per heavy atom. The Labute approximate surface area is 164 Å². The molecule has 0 saturated heterocycles. The summed E-state index contributed by atoms with van der Waals surface area (Å²) in [6, 6.07) is 10.4. The first kappa shape index (κ1) is 18.8. The molecule has 2 aromatic carbocycles. The van der Waals surface area contributed by atoms with Gasteiger partial charge >= 0.3 is 6.18 Å². The first-order valence-corrected chi connectivity index (χ1v) is 9.02. The molecule has 0 bridgehead atoms. The number of hydrogen-bond donors (Lipinski definition) is 1. The number of rotatable bonds is 3. The SMILES string of the molecule is CN1Cc2nn(Cc3cccc(O)c3)c(-c3ccc(Cl)cc3C(F)(F)F)c2C1. The van der Waals surface area contributed by atoms with Crippen molar-refractivity contribution in [1.29, 1.82) is 0 Å². The van der Waals surface area contributed by atoms with Gasteiger partial charge in [0.1, 0.15) is 5.75 Å². The molecule has 2 heterocycles. The van der Waals surface area contributed by atoms with E-state index in [-0.39, 0.29) is 22.9 Å². The highest BCUT2D eigenvalue weighted by Crippen LogP contribution is 2.41. The van der Waals surface area contributed by atoms with Crippen molar-refractivity contribution in [2.45, 2.75) is 25.8 Å². The molecule has 1 N–H and O–H groups in total. The van der Waals surface area contributed by atoms with Crippen molar-refractivity contribution in [1.82, 2.24) is 14.7 Å². The van der Waals surface area contributed by atoms with Gasteiger partial charge in [-0.2, -0.15) is 18.3 Å². The van der Waals surface area contributed by atoms with E-state index in [0.29, 0.717) is 18.8 Å². The second-order valence-corrected chi connectivity index (χ2v) is 7.40. The van der Waals surface area contributed by atoms with Crippen LogP contribution >= 0.6 is 11.6 Å². The van der Waals surface area contributed by atoms with Gasteiger partial charge in [0, 0.05) is 29.2 Å². The highest BCUT2D eigenvalue weighted by atomic mass is 35.5. The zero-order valence-corrected chi connectivity index (χ0v) is 15.7. The fourth-order valence-electron chi connectivity index (χ4n) is 3.62. The molecular formula is C20H17ClF3N3O. The summed E-state index contributed by atoms with van der Waals surface area (Å²) in [7, 11) is 1.90. The van der Waals surface area contributed by atoms with Crippen LogP contribution in [0, 0.1) is 0 Å². The van der Waals surface area contributed by atoms with Gasteiger partial charge in [0.2, 0.25) is 0 Å². The lowest BCUT2D eigenvalue weighted by Gasteiger charge is -2.17. The Kier molecular flexibility index (Phi) is 4.59. The Hall–Kier alpha value is -2.51. The standard InChI is InChI=1S/C20H17ClF3N3O/c1-26-10-16-18(11-26)25-27(9-12-3-2-4-14(28)7-12)19(16)15-6-5-13(21)8-17(15)20(22,23)24/h2-8,28H,9-11H2,1H3. The number of nitrogens with zero attached hydrogens (tertiary/aromatic N) is 3. The van der Waals surface area contributed by atoms with Crippen molar-refractivity contribution >= 4 is 11.6 Å². The molecule has 0 fully saturated rings. The van der Waals surface area contributed by atoms with Crippen LogP contribution in [0.1, 0.15) is 22.4 Å². The van der Waals surface area contributed by atoms with Crippen molar-refractivity contribution < 1.29 is 18.3 Å². The second kappa shape index (κ2) is 6.83. The number of fused-ring (bicyclic) bond motifs is 1. The fraction of sp³-hybridized carbons (Fsp3) is 0.250. The van der Waals surface area contributed by atoms with Crippen LogP contribution in [-0.4, -0.2) is 26.8 Å². The molecule has 0 saturated carbocycles. The fourth-order valence-corrected chi connectivity index (χ4v) is 3.80. The second-order valence-electron chi connectivity index (χ2n) is 6.96. The third kappa shape index (κ3) is 3.47. The van der Waals surface area contributed by atoms with Gasteiger partial charge in [-0.15, -0.1) is 0 Å². The van der Waals surface area contributed by atoms with E-state index in [1.807, 2.05) is 11.9 Å². The zero-order chi connectivity index (χ0) is 20.1. The average molecular weight is 408 g/mol. The Morgan fingerprint density at radius 2 is 1.93 bits per heavy atom. The van der Waals surface area contributed by atoms with Gasteiger partial charge in [-0.25, -0.2) is 0 Å². The van der Waals surface area contributed by atoms with Crippen molar-refractivity contribution in [3.05, 3.63) is 69.9 Å². The van der Waals surface area contributed by atoms with Gasteiger partial charge in [-0.1, -0.05) is 29.8 Å². The number of phenolic OH excluding ortho intramolecular Hbond substituents is 1. The van der Waals surface area contributed by atoms with Crippen LogP contribution in [0.15, 0.2) is 42.5 Å². The summed E-state index contributed by atoms with van der Waals surface area (Å²) >= 11 is 5.85. The minimum Gasteiger partial charge on any atom is -0.508 e. The molecule has 3 aromatic rings. The summed E-state index contributed by atoms with van der Waals surface area (Å²) in [5.74, 6) is 0.0981. The monoisotopic (exact) mass is 407 g/mol. The van der Waals surface area contributed by atoms with Crippen LogP contribution in [0.4, 0.5) is 13.2 Å². The number of aromatic nitrogens is 2. The van der Waals surface area contributed by atoms with E-state index >= 15 is 0 Å². The highest BCUT2D eigenvalue weighted by molar-refractivity contribution is 6.30. The van der Waals surface area contributed by atoms with E-state index in [2.05, 4.69) is 5.10 Å². The summed E-state index contributed by atoms with van der Waals surface area (Å²) in [5, 5.41) is 14.3. The molecule has 0 unspecified atom stereocenters. The third-order valence-electron chi connectivity index (χ3n) is 4.77. The molecule has 1 aliphatic heterocycles. The first-order chi connectivity index (χ1) is 13.2. The van der Waals surface area contributed by atoms with Crippen LogP contribution in [0.5, 0.6) is 5.75 Å². The van der Waals surface area contributed by atoms with Crippen molar-refractivity contribution in [2.75, 3.05) is 7.05 Å². The zero-order valence-electron chi connectivity index (χ0n) is 15.0. The van der Waals surface area contributed by atoms with Crippen LogP contribution in [0.3, 0.4) is 0 Å². The van der Waals surface area contributed by atoms with Crippen LogP contribution in [0.2, 0.25) is 5.02 Å². The summed E-state index contributed by atoms with van der Waals surface area (Å²) in [5.41, 5.74) is 2.01. The van der Waals surface area contributed by atoms with E-state index in [9.17, 15) is 18.3 Å². The molecule has 0 aliphatic carbocycles.